The van der Waals surface area contributed by atoms with Gasteiger partial charge >= 0.3 is 0 Å². The first kappa shape index (κ1) is 15.2. The maximum atomic E-state index is 12.2. The van der Waals surface area contributed by atoms with Crippen LogP contribution in [-0.2, 0) is 4.79 Å². The summed E-state index contributed by atoms with van der Waals surface area (Å²) in [5.74, 6) is -0.309. The fraction of sp³-hybridized carbons (Fsp3) is 0.200. The number of fused-ring (bicyclic) bond motifs is 1. The lowest BCUT2D eigenvalue weighted by atomic mass is 10.1. The van der Waals surface area contributed by atoms with Gasteiger partial charge in [-0.25, -0.2) is 0 Å². The number of nitrogens with zero attached hydrogens (tertiary/aromatic N) is 3. The van der Waals surface area contributed by atoms with E-state index in [1.165, 1.54) is 16.8 Å². The Balaban J connectivity index is 1.93. The van der Waals surface area contributed by atoms with E-state index in [1.54, 1.807) is 6.08 Å². The van der Waals surface area contributed by atoms with Crippen LogP contribution in [0.1, 0.15) is 25.3 Å². The molecule has 0 saturated carbocycles. The Morgan fingerprint density at radius 3 is 2.77 bits per heavy atom. The van der Waals surface area contributed by atoms with Gasteiger partial charge in [-0.1, -0.05) is 35.0 Å². The summed E-state index contributed by atoms with van der Waals surface area (Å²) in [6.45, 7) is 2.07. The molecule has 1 aromatic rings. The van der Waals surface area contributed by atoms with E-state index in [0.717, 1.165) is 27.9 Å². The monoisotopic (exact) mass is 376 g/mol. The third-order valence-corrected chi connectivity index (χ3v) is 4.64. The van der Waals surface area contributed by atoms with Crippen molar-refractivity contribution >= 4 is 55.7 Å². The molecule has 0 saturated heterocycles. The lowest BCUT2D eigenvalue weighted by molar-refractivity contribution is -0.114. The Kier molecular flexibility index (Phi) is 4.26. The number of amides is 1. The molecular weight excluding hydrogens is 364 g/mol. The predicted octanol–water partition coefficient (Wildman–Crippen LogP) is 3.87. The number of carbonyl (C=O) groups excluding carboxylic acids is 1. The van der Waals surface area contributed by atoms with E-state index in [9.17, 15) is 4.79 Å². The van der Waals surface area contributed by atoms with Crippen LogP contribution in [0.2, 0.25) is 0 Å². The molecule has 0 radical (unpaired) electrons. The van der Waals surface area contributed by atoms with Gasteiger partial charge in [-0.05, 0) is 48.4 Å². The fourth-order valence-electron chi connectivity index (χ4n) is 2.07. The molecular formula is C15H13BrN4OS. The van der Waals surface area contributed by atoms with Crippen molar-refractivity contribution < 1.29 is 4.79 Å². The zero-order chi connectivity index (χ0) is 15.7. The number of aliphatic imine (C=N–C) groups is 1. The molecule has 0 fully saturated rings. The van der Waals surface area contributed by atoms with Crippen molar-refractivity contribution in [2.45, 2.75) is 19.8 Å². The minimum absolute atomic E-state index is 0.0801. The molecule has 0 atom stereocenters. The molecule has 3 rings (SSSR count). The summed E-state index contributed by atoms with van der Waals surface area (Å²) in [7, 11) is 0. The number of nitrogens with one attached hydrogen (secondary N) is 1. The van der Waals surface area contributed by atoms with Gasteiger partial charge in [-0.3, -0.25) is 10.2 Å². The Labute approximate surface area is 140 Å². The van der Waals surface area contributed by atoms with Crippen molar-refractivity contribution in [2.75, 3.05) is 0 Å². The highest BCUT2D eigenvalue weighted by Gasteiger charge is 2.35. The highest BCUT2D eigenvalue weighted by Crippen LogP contribution is 2.29. The summed E-state index contributed by atoms with van der Waals surface area (Å²) < 4.78 is 0.963. The van der Waals surface area contributed by atoms with Gasteiger partial charge in [0.15, 0.2) is 5.84 Å². The van der Waals surface area contributed by atoms with E-state index in [0.29, 0.717) is 5.17 Å². The molecule has 0 bridgehead atoms. The molecule has 22 heavy (non-hydrogen) atoms. The first-order valence-electron chi connectivity index (χ1n) is 6.83. The molecule has 0 spiro atoms. The standard InChI is InChI=1S/C15H13BrN4OS/c1-2-3-12-19-20-13(17)11(14(21)18-15(20)22-12)8-9-4-6-10(16)7-5-9/h4-8,17H,2-3H2,1H3. The molecule has 0 unspecified atom stereocenters. The van der Waals surface area contributed by atoms with Crippen LogP contribution in [0.25, 0.3) is 6.08 Å². The number of benzene rings is 1. The summed E-state index contributed by atoms with van der Waals surface area (Å²) >= 11 is 4.74. The minimum atomic E-state index is -0.389. The van der Waals surface area contributed by atoms with E-state index >= 15 is 0 Å². The quantitative estimate of drug-likeness (QED) is 0.813. The van der Waals surface area contributed by atoms with Crippen molar-refractivity contribution in [3.63, 3.8) is 0 Å². The number of rotatable bonds is 3. The molecule has 0 aromatic heterocycles. The molecule has 2 aliphatic heterocycles. The largest absolute Gasteiger partial charge is 0.283 e. The SMILES string of the molecule is CCCC1=NN2C(=N)C(=Cc3ccc(Br)cc3)C(=O)N=C2S1. The van der Waals surface area contributed by atoms with Crippen LogP contribution in [0.5, 0.6) is 0 Å². The lowest BCUT2D eigenvalue weighted by Crippen LogP contribution is -2.35. The molecule has 1 amide bonds. The summed E-state index contributed by atoms with van der Waals surface area (Å²) in [6, 6.07) is 7.53. The average Bonchev–Trinajstić information content (AvgIpc) is 2.88. The molecule has 2 heterocycles. The van der Waals surface area contributed by atoms with Gasteiger partial charge in [0.2, 0.25) is 5.17 Å². The van der Waals surface area contributed by atoms with Gasteiger partial charge < -0.3 is 0 Å². The Bertz CT molecular complexity index is 736. The number of amidine groups is 2. The van der Waals surface area contributed by atoms with Crippen LogP contribution < -0.4 is 0 Å². The van der Waals surface area contributed by atoms with Gasteiger partial charge in [0.1, 0.15) is 5.04 Å². The summed E-state index contributed by atoms with van der Waals surface area (Å²) in [6.07, 6.45) is 3.47. The summed E-state index contributed by atoms with van der Waals surface area (Å²) in [5.41, 5.74) is 1.10. The van der Waals surface area contributed by atoms with Gasteiger partial charge in [0.05, 0.1) is 5.57 Å². The number of carbonyl (C=O) groups is 1. The van der Waals surface area contributed by atoms with E-state index < -0.39 is 0 Å². The maximum absolute atomic E-state index is 12.2. The van der Waals surface area contributed by atoms with Crippen molar-refractivity contribution in [1.82, 2.24) is 5.01 Å². The maximum Gasteiger partial charge on any atom is 0.283 e. The van der Waals surface area contributed by atoms with Crippen LogP contribution in [0.3, 0.4) is 0 Å². The molecule has 5 nitrogen and oxygen atoms in total. The van der Waals surface area contributed by atoms with Crippen LogP contribution in [0.4, 0.5) is 0 Å². The van der Waals surface area contributed by atoms with Crippen molar-refractivity contribution in [3.05, 3.63) is 39.9 Å². The third kappa shape index (κ3) is 2.91. The van der Waals surface area contributed by atoms with Crippen molar-refractivity contribution in [2.24, 2.45) is 10.1 Å². The van der Waals surface area contributed by atoms with Gasteiger partial charge in [0.25, 0.3) is 5.91 Å². The molecule has 1 aromatic carbocycles. The number of hydrazone groups is 1. The van der Waals surface area contributed by atoms with Gasteiger partial charge in [-0.2, -0.15) is 15.1 Å². The number of hydrogen-bond donors (Lipinski definition) is 1. The molecule has 0 aliphatic carbocycles. The highest BCUT2D eigenvalue weighted by atomic mass is 79.9. The minimum Gasteiger partial charge on any atom is -0.282 e. The van der Waals surface area contributed by atoms with Crippen molar-refractivity contribution in [3.8, 4) is 0 Å². The number of halogens is 1. The highest BCUT2D eigenvalue weighted by molar-refractivity contribution is 9.10. The van der Waals surface area contributed by atoms with Gasteiger partial charge in [-0.15, -0.1) is 0 Å². The van der Waals surface area contributed by atoms with E-state index in [1.807, 2.05) is 24.3 Å². The topological polar surface area (TPSA) is 68.9 Å². The number of hydrogen-bond acceptors (Lipinski definition) is 4. The molecule has 2 aliphatic rings. The fourth-order valence-corrected chi connectivity index (χ4v) is 3.32. The zero-order valence-electron chi connectivity index (χ0n) is 11.8. The first-order chi connectivity index (χ1) is 10.6. The number of thioether (sulfide) groups is 1. The molecule has 7 heteroatoms. The van der Waals surface area contributed by atoms with Crippen LogP contribution in [0, 0.1) is 5.41 Å². The molecule has 1 N–H and O–H groups in total. The Morgan fingerprint density at radius 1 is 1.36 bits per heavy atom. The lowest BCUT2D eigenvalue weighted by Gasteiger charge is -2.20. The Hall–Kier alpha value is -1.73. The van der Waals surface area contributed by atoms with Crippen molar-refractivity contribution in [1.29, 1.82) is 5.41 Å². The van der Waals surface area contributed by atoms with Crippen LogP contribution in [0.15, 0.2) is 44.4 Å². The average molecular weight is 377 g/mol. The third-order valence-electron chi connectivity index (χ3n) is 3.14. The second-order valence-corrected chi connectivity index (χ2v) is 6.77. The predicted molar refractivity (Wildman–Crippen MR) is 94.1 cm³/mol. The second-order valence-electron chi connectivity index (χ2n) is 4.82. The van der Waals surface area contributed by atoms with E-state index in [2.05, 4.69) is 32.9 Å². The van der Waals surface area contributed by atoms with E-state index in [-0.39, 0.29) is 17.3 Å². The summed E-state index contributed by atoms with van der Waals surface area (Å²) in [5, 5.41) is 15.4. The zero-order valence-corrected chi connectivity index (χ0v) is 14.2. The summed E-state index contributed by atoms with van der Waals surface area (Å²) in [4.78, 5) is 16.2. The van der Waals surface area contributed by atoms with Crippen LogP contribution >= 0.6 is 27.7 Å². The second kappa shape index (κ2) is 6.18. The Morgan fingerprint density at radius 2 is 2.09 bits per heavy atom. The normalized spacial score (nSPS) is 19.4. The van der Waals surface area contributed by atoms with E-state index in [4.69, 9.17) is 5.41 Å². The smallest absolute Gasteiger partial charge is 0.282 e. The van der Waals surface area contributed by atoms with Crippen LogP contribution in [-0.4, -0.2) is 27.0 Å². The molecule has 112 valence electrons. The first-order valence-corrected chi connectivity index (χ1v) is 8.44. The van der Waals surface area contributed by atoms with Gasteiger partial charge in [0, 0.05) is 4.47 Å².